The molecule has 0 spiro atoms. The van der Waals surface area contributed by atoms with Gasteiger partial charge in [0.1, 0.15) is 6.33 Å². The number of nitrogen functional groups attached to an aromatic ring is 1. The summed E-state index contributed by atoms with van der Waals surface area (Å²) in [5, 5.41) is 13.3. The Morgan fingerprint density at radius 2 is 2.46 bits per heavy atom. The van der Waals surface area contributed by atoms with Gasteiger partial charge in [-0.25, -0.2) is 9.67 Å². The highest BCUT2D eigenvalue weighted by Gasteiger charge is 1.99. The number of nitrogens with two attached hydrogens (primary N) is 1. The number of aromatic nitrogens is 5. The van der Waals surface area contributed by atoms with Crippen LogP contribution in [0.3, 0.4) is 0 Å². The van der Waals surface area contributed by atoms with E-state index >= 15 is 0 Å². The normalized spacial score (nSPS) is 10.5. The first-order valence-electron chi connectivity index (χ1n) is 3.75. The minimum Gasteiger partial charge on any atom is -0.375 e. The Bertz CT molecular complexity index is 366. The van der Waals surface area contributed by atoms with Crippen molar-refractivity contribution >= 4 is 16.5 Å². The van der Waals surface area contributed by atoms with E-state index in [2.05, 4.69) is 20.5 Å². The Labute approximate surface area is 78.4 Å². The van der Waals surface area contributed by atoms with Crippen LogP contribution in [0, 0.1) is 0 Å². The number of tetrazole rings is 1. The topological polar surface area (TPSA) is 82.5 Å². The molecule has 0 unspecified atom stereocenters. The van der Waals surface area contributed by atoms with Gasteiger partial charge in [0.05, 0.1) is 12.2 Å². The maximum atomic E-state index is 5.49. The van der Waals surface area contributed by atoms with Crippen molar-refractivity contribution in [2.75, 3.05) is 5.73 Å². The molecule has 0 aliphatic carbocycles. The minimum atomic E-state index is 0.603. The van der Waals surface area contributed by atoms with Gasteiger partial charge in [-0.05, 0) is 10.4 Å². The second-order valence-corrected chi connectivity index (χ2v) is 3.39. The molecule has 0 aromatic carbocycles. The Kier molecular flexibility index (Phi) is 2.17. The number of anilines is 1. The molecule has 2 rings (SSSR count). The average Bonchev–Trinajstić information content (AvgIpc) is 2.71. The van der Waals surface area contributed by atoms with E-state index in [1.54, 1.807) is 11.0 Å². The molecule has 0 radical (unpaired) electrons. The molecule has 0 amide bonds. The summed E-state index contributed by atoms with van der Waals surface area (Å²) in [6.07, 6.45) is 2.38. The molecule has 0 fully saturated rings. The molecule has 13 heavy (non-hydrogen) atoms. The van der Waals surface area contributed by atoms with Gasteiger partial charge in [0.15, 0.2) is 5.13 Å². The lowest BCUT2D eigenvalue weighted by atomic mass is 10.3. The van der Waals surface area contributed by atoms with Gasteiger partial charge in [-0.1, -0.05) is 0 Å². The summed E-state index contributed by atoms with van der Waals surface area (Å²) in [4.78, 5) is 4.12. The Morgan fingerprint density at radius 1 is 1.54 bits per heavy atom. The van der Waals surface area contributed by atoms with Gasteiger partial charge in [0, 0.05) is 11.8 Å². The van der Waals surface area contributed by atoms with Crippen LogP contribution in [0.4, 0.5) is 5.13 Å². The smallest absolute Gasteiger partial charge is 0.180 e. The predicted molar refractivity (Wildman–Crippen MR) is 48.0 cm³/mol. The van der Waals surface area contributed by atoms with Crippen molar-refractivity contribution < 1.29 is 0 Å². The van der Waals surface area contributed by atoms with E-state index in [-0.39, 0.29) is 0 Å². The fraction of sp³-hybridized carbons (Fsp3) is 0.333. The fourth-order valence-electron chi connectivity index (χ4n) is 0.949. The van der Waals surface area contributed by atoms with Gasteiger partial charge >= 0.3 is 0 Å². The minimum absolute atomic E-state index is 0.603. The number of hydrogen-bond acceptors (Lipinski definition) is 6. The molecule has 7 heteroatoms. The summed E-state index contributed by atoms with van der Waals surface area (Å²) in [6.45, 7) is 0.732. The Balaban J connectivity index is 1.93. The molecule has 0 aliphatic rings. The van der Waals surface area contributed by atoms with E-state index in [1.807, 2.05) is 5.38 Å². The Hall–Kier alpha value is -1.50. The second kappa shape index (κ2) is 3.48. The van der Waals surface area contributed by atoms with Crippen LogP contribution in [-0.2, 0) is 13.0 Å². The number of thiazole rings is 1. The number of aryl methyl sites for hydroxylation is 2. The first-order chi connectivity index (χ1) is 6.34. The third-order valence-electron chi connectivity index (χ3n) is 1.56. The van der Waals surface area contributed by atoms with E-state index in [1.165, 1.54) is 11.3 Å². The molecule has 0 saturated heterocycles. The SMILES string of the molecule is Nc1nc(CCn2cnnn2)cs1. The lowest BCUT2D eigenvalue weighted by Crippen LogP contribution is -2.02. The molecule has 2 N–H and O–H groups in total. The summed E-state index contributed by atoms with van der Waals surface area (Å²) in [5.41, 5.74) is 6.47. The third kappa shape index (κ3) is 2.00. The van der Waals surface area contributed by atoms with Crippen molar-refractivity contribution in [3.63, 3.8) is 0 Å². The van der Waals surface area contributed by atoms with Crippen LogP contribution in [0.15, 0.2) is 11.7 Å². The molecule has 0 bridgehead atoms. The van der Waals surface area contributed by atoms with Gasteiger partial charge in [0.25, 0.3) is 0 Å². The van der Waals surface area contributed by atoms with Crippen LogP contribution in [0.2, 0.25) is 0 Å². The van der Waals surface area contributed by atoms with Crippen molar-refractivity contribution in [2.45, 2.75) is 13.0 Å². The highest BCUT2D eigenvalue weighted by atomic mass is 32.1. The van der Waals surface area contributed by atoms with E-state index in [0.29, 0.717) is 5.13 Å². The summed E-state index contributed by atoms with van der Waals surface area (Å²) in [5.74, 6) is 0. The number of rotatable bonds is 3. The molecule has 2 aromatic rings. The van der Waals surface area contributed by atoms with E-state index < -0.39 is 0 Å². The van der Waals surface area contributed by atoms with Crippen molar-refractivity contribution in [2.24, 2.45) is 0 Å². The monoisotopic (exact) mass is 196 g/mol. The van der Waals surface area contributed by atoms with Gasteiger partial charge in [0.2, 0.25) is 0 Å². The molecule has 0 atom stereocenters. The van der Waals surface area contributed by atoms with Crippen molar-refractivity contribution in [3.8, 4) is 0 Å². The van der Waals surface area contributed by atoms with Crippen molar-refractivity contribution in [3.05, 3.63) is 17.4 Å². The molecule has 0 saturated carbocycles. The standard InChI is InChI=1S/C6H8N6S/c7-6-9-5(3-13-6)1-2-12-4-8-10-11-12/h3-4H,1-2H2,(H2,7,9). The summed E-state index contributed by atoms with van der Waals surface area (Å²) in [6, 6.07) is 0. The van der Waals surface area contributed by atoms with Gasteiger partial charge in [-0.2, -0.15) is 0 Å². The van der Waals surface area contributed by atoms with E-state index in [9.17, 15) is 0 Å². The highest BCUT2D eigenvalue weighted by Crippen LogP contribution is 2.11. The molecule has 0 aliphatic heterocycles. The lowest BCUT2D eigenvalue weighted by molar-refractivity contribution is 0.585. The average molecular weight is 196 g/mol. The molecule has 68 valence electrons. The summed E-state index contributed by atoms with van der Waals surface area (Å²) >= 11 is 1.45. The summed E-state index contributed by atoms with van der Waals surface area (Å²) in [7, 11) is 0. The van der Waals surface area contributed by atoms with Crippen molar-refractivity contribution in [1.82, 2.24) is 25.2 Å². The molecule has 6 nitrogen and oxygen atoms in total. The van der Waals surface area contributed by atoms with Crippen LogP contribution in [0.25, 0.3) is 0 Å². The first-order valence-corrected chi connectivity index (χ1v) is 4.63. The molecular formula is C6H8N6S. The zero-order valence-corrected chi connectivity index (χ0v) is 7.61. The number of hydrogen-bond donors (Lipinski definition) is 1. The van der Waals surface area contributed by atoms with Crippen LogP contribution in [0.1, 0.15) is 5.69 Å². The quantitative estimate of drug-likeness (QED) is 0.744. The van der Waals surface area contributed by atoms with Gasteiger partial charge in [-0.15, -0.1) is 16.4 Å². The Morgan fingerprint density at radius 3 is 3.08 bits per heavy atom. The lowest BCUT2D eigenvalue weighted by Gasteiger charge is -1.94. The predicted octanol–water partition coefficient (Wildman–Crippen LogP) is -0.0455. The fourth-order valence-corrected chi connectivity index (χ4v) is 1.55. The zero-order valence-electron chi connectivity index (χ0n) is 6.79. The zero-order chi connectivity index (χ0) is 9.10. The second-order valence-electron chi connectivity index (χ2n) is 2.50. The molecule has 2 heterocycles. The maximum Gasteiger partial charge on any atom is 0.180 e. The third-order valence-corrected chi connectivity index (χ3v) is 2.28. The van der Waals surface area contributed by atoms with Crippen LogP contribution < -0.4 is 5.73 Å². The van der Waals surface area contributed by atoms with Gasteiger partial charge in [-0.3, -0.25) is 0 Å². The molecule has 2 aromatic heterocycles. The van der Waals surface area contributed by atoms with Gasteiger partial charge < -0.3 is 5.73 Å². The van der Waals surface area contributed by atoms with E-state index in [4.69, 9.17) is 5.73 Å². The first kappa shape index (κ1) is 8.11. The highest BCUT2D eigenvalue weighted by molar-refractivity contribution is 7.13. The molecular weight excluding hydrogens is 188 g/mol. The van der Waals surface area contributed by atoms with Crippen LogP contribution in [-0.4, -0.2) is 25.2 Å². The largest absolute Gasteiger partial charge is 0.375 e. The maximum absolute atomic E-state index is 5.49. The van der Waals surface area contributed by atoms with Crippen LogP contribution >= 0.6 is 11.3 Å². The van der Waals surface area contributed by atoms with E-state index in [0.717, 1.165) is 18.7 Å². The summed E-state index contributed by atoms with van der Waals surface area (Å²) < 4.78 is 1.66. The number of nitrogens with zero attached hydrogens (tertiary/aromatic N) is 5. The van der Waals surface area contributed by atoms with Crippen LogP contribution in [0.5, 0.6) is 0 Å². The van der Waals surface area contributed by atoms with Crippen molar-refractivity contribution in [1.29, 1.82) is 0 Å².